The van der Waals surface area contributed by atoms with Gasteiger partial charge in [-0.15, -0.1) is 0 Å². The van der Waals surface area contributed by atoms with E-state index in [9.17, 15) is 0 Å². The summed E-state index contributed by atoms with van der Waals surface area (Å²) < 4.78 is 5.54. The van der Waals surface area contributed by atoms with Crippen molar-refractivity contribution in [3.8, 4) is 0 Å². The van der Waals surface area contributed by atoms with Crippen LogP contribution in [0.3, 0.4) is 0 Å². The van der Waals surface area contributed by atoms with Crippen molar-refractivity contribution < 1.29 is 4.74 Å². The Hall–Kier alpha value is -1.39. The molecule has 1 aromatic heterocycles. The van der Waals surface area contributed by atoms with Gasteiger partial charge in [-0.2, -0.15) is 0 Å². The molecule has 19 heavy (non-hydrogen) atoms. The fraction of sp³-hybridized carbons (Fsp3) is 0.533. The molecule has 3 N–H and O–H groups in total. The molecule has 1 aliphatic heterocycles. The standard InChI is InChI=1S/C15H21N3O/c1-10(2)12(6-16)15(7-19-8-15)11-3-4-13-14(5-11)18-9-17-13/h3-5,9-10,12H,6-8,16H2,1-2H3,(H,17,18). The topological polar surface area (TPSA) is 63.9 Å². The quantitative estimate of drug-likeness (QED) is 0.883. The van der Waals surface area contributed by atoms with E-state index in [0.29, 0.717) is 18.4 Å². The summed E-state index contributed by atoms with van der Waals surface area (Å²) >= 11 is 0. The van der Waals surface area contributed by atoms with Gasteiger partial charge in [-0.25, -0.2) is 4.98 Å². The van der Waals surface area contributed by atoms with Gasteiger partial charge in [0.15, 0.2) is 0 Å². The van der Waals surface area contributed by atoms with Gasteiger partial charge in [-0.1, -0.05) is 19.9 Å². The van der Waals surface area contributed by atoms with Crippen LogP contribution < -0.4 is 5.73 Å². The third-order valence-corrected chi connectivity index (χ3v) is 4.48. The molecule has 1 fully saturated rings. The van der Waals surface area contributed by atoms with Gasteiger partial charge in [0.2, 0.25) is 0 Å². The average Bonchev–Trinajstić information content (AvgIpc) is 2.79. The number of aromatic amines is 1. The maximum Gasteiger partial charge on any atom is 0.0931 e. The van der Waals surface area contributed by atoms with Crippen molar-refractivity contribution in [2.24, 2.45) is 17.6 Å². The van der Waals surface area contributed by atoms with Crippen LogP contribution in [0.15, 0.2) is 24.5 Å². The van der Waals surface area contributed by atoms with E-state index in [2.05, 4.69) is 42.0 Å². The summed E-state index contributed by atoms with van der Waals surface area (Å²) in [5, 5.41) is 0. The number of fused-ring (bicyclic) bond motifs is 1. The first-order valence-corrected chi connectivity index (χ1v) is 6.89. The normalized spacial score (nSPS) is 19.6. The van der Waals surface area contributed by atoms with Crippen molar-refractivity contribution in [3.05, 3.63) is 30.1 Å². The lowest BCUT2D eigenvalue weighted by molar-refractivity contribution is -0.0981. The van der Waals surface area contributed by atoms with Crippen molar-refractivity contribution in [1.82, 2.24) is 9.97 Å². The van der Waals surface area contributed by atoms with Crippen LogP contribution in [0, 0.1) is 11.8 Å². The molecule has 4 nitrogen and oxygen atoms in total. The molecule has 2 heterocycles. The largest absolute Gasteiger partial charge is 0.379 e. The number of nitrogens with one attached hydrogen (secondary N) is 1. The first kappa shape index (κ1) is 12.6. The zero-order chi connectivity index (χ0) is 13.5. The summed E-state index contributed by atoms with van der Waals surface area (Å²) in [6.07, 6.45) is 1.74. The van der Waals surface area contributed by atoms with E-state index >= 15 is 0 Å². The monoisotopic (exact) mass is 259 g/mol. The second-order valence-electron chi connectivity index (χ2n) is 5.87. The van der Waals surface area contributed by atoms with Gasteiger partial charge < -0.3 is 15.5 Å². The van der Waals surface area contributed by atoms with Gasteiger partial charge in [0, 0.05) is 5.41 Å². The van der Waals surface area contributed by atoms with Gasteiger partial charge in [0.1, 0.15) is 0 Å². The van der Waals surface area contributed by atoms with Crippen LogP contribution in [0.2, 0.25) is 0 Å². The van der Waals surface area contributed by atoms with E-state index < -0.39 is 0 Å². The number of hydrogen-bond acceptors (Lipinski definition) is 3. The Balaban J connectivity index is 2.05. The van der Waals surface area contributed by atoms with E-state index in [1.54, 1.807) is 6.33 Å². The van der Waals surface area contributed by atoms with E-state index in [-0.39, 0.29) is 5.41 Å². The smallest absolute Gasteiger partial charge is 0.0931 e. The first-order chi connectivity index (χ1) is 9.17. The van der Waals surface area contributed by atoms with Crippen LogP contribution in [0.5, 0.6) is 0 Å². The molecule has 1 unspecified atom stereocenters. The molecule has 4 heteroatoms. The third-order valence-electron chi connectivity index (χ3n) is 4.48. The summed E-state index contributed by atoms with van der Waals surface area (Å²) in [5.74, 6) is 0.994. The predicted molar refractivity (Wildman–Crippen MR) is 76.0 cm³/mol. The highest BCUT2D eigenvalue weighted by Gasteiger charge is 2.47. The third kappa shape index (κ3) is 1.86. The number of hydrogen-bond donors (Lipinski definition) is 2. The molecule has 0 radical (unpaired) electrons. The number of H-pyrrole nitrogens is 1. The van der Waals surface area contributed by atoms with E-state index in [0.717, 1.165) is 24.2 Å². The van der Waals surface area contributed by atoms with Crippen molar-refractivity contribution in [2.45, 2.75) is 19.3 Å². The summed E-state index contributed by atoms with van der Waals surface area (Å²) in [4.78, 5) is 7.46. The number of imidazole rings is 1. The zero-order valence-corrected chi connectivity index (χ0v) is 11.5. The van der Waals surface area contributed by atoms with Crippen LogP contribution in [0.1, 0.15) is 19.4 Å². The molecule has 0 saturated carbocycles. The number of nitrogens with zero attached hydrogens (tertiary/aromatic N) is 1. The molecule has 2 aromatic rings. The SMILES string of the molecule is CC(C)C(CN)C1(c2ccc3nc[nH]c3c2)COC1. The summed E-state index contributed by atoms with van der Waals surface area (Å²) in [7, 11) is 0. The Bertz CT molecular complexity index is 572. The summed E-state index contributed by atoms with van der Waals surface area (Å²) in [6.45, 7) is 6.72. The molecular formula is C15H21N3O. The van der Waals surface area contributed by atoms with Gasteiger partial charge in [-0.3, -0.25) is 0 Å². The number of rotatable bonds is 4. The summed E-state index contributed by atoms with van der Waals surface area (Å²) in [5.41, 5.74) is 9.51. The molecule has 102 valence electrons. The number of ether oxygens (including phenoxy) is 1. The van der Waals surface area contributed by atoms with Crippen LogP contribution in [-0.2, 0) is 10.2 Å². The molecule has 0 bridgehead atoms. The lowest BCUT2D eigenvalue weighted by Crippen LogP contribution is -2.56. The maximum absolute atomic E-state index is 6.02. The Labute approximate surface area is 113 Å². The van der Waals surface area contributed by atoms with Crippen molar-refractivity contribution in [1.29, 1.82) is 0 Å². The molecule has 1 saturated heterocycles. The van der Waals surface area contributed by atoms with E-state index in [1.807, 2.05) is 0 Å². The molecule has 0 aliphatic carbocycles. The van der Waals surface area contributed by atoms with Crippen molar-refractivity contribution in [3.63, 3.8) is 0 Å². The fourth-order valence-electron chi connectivity index (χ4n) is 3.30. The molecule has 1 aliphatic rings. The second kappa shape index (κ2) is 4.62. The lowest BCUT2D eigenvalue weighted by atomic mass is 9.64. The van der Waals surface area contributed by atoms with Gasteiger partial charge in [0.25, 0.3) is 0 Å². The molecule has 0 spiro atoms. The van der Waals surface area contributed by atoms with Crippen LogP contribution in [0.4, 0.5) is 0 Å². The maximum atomic E-state index is 6.02. The summed E-state index contributed by atoms with van der Waals surface area (Å²) in [6, 6.07) is 6.46. The number of benzene rings is 1. The highest BCUT2D eigenvalue weighted by Crippen LogP contribution is 2.43. The van der Waals surface area contributed by atoms with E-state index in [1.165, 1.54) is 5.56 Å². The van der Waals surface area contributed by atoms with E-state index in [4.69, 9.17) is 10.5 Å². The second-order valence-corrected chi connectivity index (χ2v) is 5.87. The highest BCUT2D eigenvalue weighted by atomic mass is 16.5. The van der Waals surface area contributed by atoms with Crippen LogP contribution in [0.25, 0.3) is 11.0 Å². The first-order valence-electron chi connectivity index (χ1n) is 6.89. The van der Waals surface area contributed by atoms with Gasteiger partial charge in [0.05, 0.1) is 30.6 Å². The minimum atomic E-state index is 0.0716. The number of aromatic nitrogens is 2. The highest BCUT2D eigenvalue weighted by molar-refractivity contribution is 5.75. The Morgan fingerprint density at radius 3 is 2.79 bits per heavy atom. The predicted octanol–water partition coefficient (Wildman–Crippen LogP) is 2.06. The average molecular weight is 259 g/mol. The molecular weight excluding hydrogens is 238 g/mol. The van der Waals surface area contributed by atoms with Crippen molar-refractivity contribution >= 4 is 11.0 Å². The number of nitrogens with two attached hydrogens (primary N) is 1. The Morgan fingerprint density at radius 1 is 1.42 bits per heavy atom. The Kier molecular flexibility index (Phi) is 3.07. The molecule has 1 atom stereocenters. The fourth-order valence-corrected chi connectivity index (χ4v) is 3.30. The molecule has 3 rings (SSSR count). The van der Waals surface area contributed by atoms with Crippen molar-refractivity contribution in [2.75, 3.05) is 19.8 Å². The molecule has 1 aromatic carbocycles. The van der Waals surface area contributed by atoms with Gasteiger partial charge >= 0.3 is 0 Å². The van der Waals surface area contributed by atoms with Crippen LogP contribution in [-0.4, -0.2) is 29.7 Å². The van der Waals surface area contributed by atoms with Gasteiger partial charge in [-0.05, 0) is 36.1 Å². The molecule has 0 amide bonds. The Morgan fingerprint density at radius 2 is 2.21 bits per heavy atom. The minimum absolute atomic E-state index is 0.0716. The minimum Gasteiger partial charge on any atom is -0.379 e. The lowest BCUT2D eigenvalue weighted by Gasteiger charge is -2.49. The van der Waals surface area contributed by atoms with Crippen LogP contribution >= 0.6 is 0 Å². The zero-order valence-electron chi connectivity index (χ0n) is 11.5.